The van der Waals surface area contributed by atoms with Gasteiger partial charge in [-0.1, -0.05) is 43.7 Å². The zero-order valence-electron chi connectivity index (χ0n) is 16.9. The second kappa shape index (κ2) is 9.41. The number of carbonyl (C=O) groups is 3. The average Bonchev–Trinajstić information content (AvgIpc) is 3.15. The molecule has 2 heterocycles. The van der Waals surface area contributed by atoms with Crippen molar-refractivity contribution in [2.24, 2.45) is 0 Å². The highest BCUT2D eigenvalue weighted by Crippen LogP contribution is 2.24. The third kappa shape index (κ3) is 4.85. The number of benzene rings is 1. The number of carbonyl (C=O) groups excluding carboxylic acids is 3. The van der Waals surface area contributed by atoms with Crippen LogP contribution in [0.15, 0.2) is 46.9 Å². The maximum atomic E-state index is 13.1. The fourth-order valence-corrected chi connectivity index (χ4v) is 3.46. The Morgan fingerprint density at radius 1 is 1.10 bits per heavy atom. The molecule has 1 saturated heterocycles. The molecule has 0 spiro atoms. The number of piperazine rings is 1. The van der Waals surface area contributed by atoms with Gasteiger partial charge in [0.25, 0.3) is 0 Å². The van der Waals surface area contributed by atoms with E-state index >= 15 is 0 Å². The van der Waals surface area contributed by atoms with Gasteiger partial charge >= 0.3 is 11.8 Å². The summed E-state index contributed by atoms with van der Waals surface area (Å²) in [6, 6.07) is 11.8. The minimum atomic E-state index is -0.864. The molecule has 7 heteroatoms. The van der Waals surface area contributed by atoms with Crippen molar-refractivity contribution < 1.29 is 18.8 Å². The van der Waals surface area contributed by atoms with Gasteiger partial charge in [-0.2, -0.15) is 0 Å². The smallest absolute Gasteiger partial charge is 0.313 e. The van der Waals surface area contributed by atoms with Crippen molar-refractivity contribution in [1.82, 2.24) is 15.1 Å². The SMILES string of the molecule is CCCCN1CCN(C(C(=O)NCc2ccc(C)o2)c2ccccc2)C(=O)C1=O. The van der Waals surface area contributed by atoms with Crippen LogP contribution < -0.4 is 5.32 Å². The Morgan fingerprint density at radius 2 is 1.86 bits per heavy atom. The molecule has 0 aliphatic carbocycles. The summed E-state index contributed by atoms with van der Waals surface area (Å²) >= 11 is 0. The lowest BCUT2D eigenvalue weighted by Crippen LogP contribution is -2.57. The minimum Gasteiger partial charge on any atom is -0.465 e. The molecule has 0 saturated carbocycles. The summed E-state index contributed by atoms with van der Waals surface area (Å²) in [6.45, 7) is 5.41. The number of amides is 3. The van der Waals surface area contributed by atoms with Gasteiger partial charge in [0.05, 0.1) is 6.54 Å². The predicted octanol–water partition coefficient (Wildman–Crippen LogP) is 2.42. The second-order valence-electron chi connectivity index (χ2n) is 7.19. The molecule has 154 valence electrons. The van der Waals surface area contributed by atoms with Crippen LogP contribution in [-0.2, 0) is 20.9 Å². The lowest BCUT2D eigenvalue weighted by molar-refractivity contribution is -0.159. The van der Waals surface area contributed by atoms with Gasteiger partial charge in [-0.25, -0.2) is 0 Å². The Labute approximate surface area is 170 Å². The third-order valence-corrected chi connectivity index (χ3v) is 5.03. The van der Waals surface area contributed by atoms with Gasteiger partial charge < -0.3 is 19.5 Å². The summed E-state index contributed by atoms with van der Waals surface area (Å²) < 4.78 is 5.50. The van der Waals surface area contributed by atoms with Crippen molar-refractivity contribution in [3.05, 3.63) is 59.5 Å². The predicted molar refractivity (Wildman–Crippen MR) is 108 cm³/mol. The van der Waals surface area contributed by atoms with E-state index in [2.05, 4.69) is 5.32 Å². The van der Waals surface area contributed by atoms with Gasteiger partial charge in [0.15, 0.2) is 0 Å². The fraction of sp³-hybridized carbons (Fsp3) is 0.409. The first-order valence-corrected chi connectivity index (χ1v) is 9.99. The first-order valence-electron chi connectivity index (χ1n) is 9.99. The van der Waals surface area contributed by atoms with Crippen LogP contribution in [0.3, 0.4) is 0 Å². The number of rotatable bonds is 8. The zero-order valence-corrected chi connectivity index (χ0v) is 16.9. The first-order chi connectivity index (χ1) is 14.0. The highest BCUT2D eigenvalue weighted by Gasteiger charge is 2.39. The molecule has 29 heavy (non-hydrogen) atoms. The number of unbranched alkanes of at least 4 members (excludes halogenated alkanes) is 1. The summed E-state index contributed by atoms with van der Waals surface area (Å²) in [4.78, 5) is 41.4. The molecular formula is C22H27N3O4. The van der Waals surface area contributed by atoms with Gasteiger partial charge in [-0.05, 0) is 31.0 Å². The Hall–Kier alpha value is -3.09. The molecule has 1 N–H and O–H groups in total. The molecule has 1 aliphatic rings. The van der Waals surface area contributed by atoms with E-state index in [1.54, 1.807) is 23.1 Å². The normalized spacial score (nSPS) is 15.5. The van der Waals surface area contributed by atoms with Crippen LogP contribution in [-0.4, -0.2) is 47.2 Å². The molecule has 1 fully saturated rings. The van der Waals surface area contributed by atoms with E-state index in [1.807, 2.05) is 38.1 Å². The number of hydrogen-bond acceptors (Lipinski definition) is 4. The highest BCUT2D eigenvalue weighted by molar-refractivity contribution is 6.35. The molecule has 7 nitrogen and oxygen atoms in total. The number of hydrogen-bond donors (Lipinski definition) is 1. The monoisotopic (exact) mass is 397 g/mol. The van der Waals surface area contributed by atoms with Gasteiger partial charge in [0.2, 0.25) is 5.91 Å². The topological polar surface area (TPSA) is 82.9 Å². The average molecular weight is 397 g/mol. The van der Waals surface area contributed by atoms with Crippen LogP contribution in [0, 0.1) is 6.92 Å². The summed E-state index contributed by atoms with van der Waals surface area (Å²) in [5.74, 6) is -0.119. The minimum absolute atomic E-state index is 0.217. The quantitative estimate of drug-likeness (QED) is 0.694. The standard InChI is InChI=1S/C22H27N3O4/c1-3-4-12-24-13-14-25(22(28)21(24)27)19(17-8-6-5-7-9-17)20(26)23-15-18-11-10-16(2)29-18/h5-11,19H,3-4,12-15H2,1-2H3,(H,23,26). The molecule has 3 rings (SSSR count). The van der Waals surface area contributed by atoms with Crippen molar-refractivity contribution in [2.75, 3.05) is 19.6 Å². The lowest BCUT2D eigenvalue weighted by atomic mass is 10.0. The number of aryl methyl sites for hydroxylation is 1. The first kappa shape index (κ1) is 20.6. The summed E-state index contributed by atoms with van der Waals surface area (Å²) in [6.07, 6.45) is 1.80. The largest absolute Gasteiger partial charge is 0.465 e. The van der Waals surface area contributed by atoms with E-state index in [9.17, 15) is 14.4 Å². The maximum absolute atomic E-state index is 13.1. The van der Waals surface area contributed by atoms with E-state index < -0.39 is 17.9 Å². The van der Waals surface area contributed by atoms with Crippen LogP contribution in [0.4, 0.5) is 0 Å². The van der Waals surface area contributed by atoms with Crippen LogP contribution in [0.2, 0.25) is 0 Å². The summed E-state index contributed by atoms with van der Waals surface area (Å²) in [5.41, 5.74) is 0.670. The number of nitrogens with zero attached hydrogens (tertiary/aromatic N) is 2. The molecule has 1 aromatic carbocycles. The molecule has 1 aromatic heterocycles. The highest BCUT2D eigenvalue weighted by atomic mass is 16.3. The van der Waals surface area contributed by atoms with Crippen molar-refractivity contribution in [3.8, 4) is 0 Å². The molecule has 1 unspecified atom stereocenters. The molecular weight excluding hydrogens is 370 g/mol. The molecule has 2 aromatic rings. The Morgan fingerprint density at radius 3 is 2.52 bits per heavy atom. The van der Waals surface area contributed by atoms with Crippen molar-refractivity contribution in [2.45, 2.75) is 39.3 Å². The molecule has 0 radical (unpaired) electrons. The van der Waals surface area contributed by atoms with Crippen molar-refractivity contribution >= 4 is 17.7 Å². The van der Waals surface area contributed by atoms with Crippen molar-refractivity contribution in [1.29, 1.82) is 0 Å². The van der Waals surface area contributed by atoms with Gasteiger partial charge in [0.1, 0.15) is 17.6 Å². The lowest BCUT2D eigenvalue weighted by Gasteiger charge is -2.38. The maximum Gasteiger partial charge on any atom is 0.313 e. The van der Waals surface area contributed by atoms with E-state index in [4.69, 9.17) is 4.42 Å². The van der Waals surface area contributed by atoms with Crippen LogP contribution in [0.5, 0.6) is 0 Å². The Balaban J connectivity index is 1.78. The van der Waals surface area contributed by atoms with E-state index in [0.29, 0.717) is 31.0 Å². The zero-order chi connectivity index (χ0) is 20.8. The van der Waals surface area contributed by atoms with E-state index in [0.717, 1.165) is 18.6 Å². The Kier molecular flexibility index (Phi) is 6.69. The van der Waals surface area contributed by atoms with Gasteiger partial charge in [-0.15, -0.1) is 0 Å². The molecule has 0 bridgehead atoms. The molecule has 3 amide bonds. The second-order valence-corrected chi connectivity index (χ2v) is 7.19. The van der Waals surface area contributed by atoms with E-state index in [1.165, 1.54) is 4.90 Å². The summed E-state index contributed by atoms with van der Waals surface area (Å²) in [7, 11) is 0. The Bertz CT molecular complexity index is 862. The number of nitrogens with one attached hydrogen (secondary N) is 1. The number of furan rings is 1. The van der Waals surface area contributed by atoms with Crippen LogP contribution >= 0.6 is 0 Å². The fourth-order valence-electron chi connectivity index (χ4n) is 3.46. The summed E-state index contributed by atoms with van der Waals surface area (Å²) in [5, 5.41) is 2.84. The molecule has 1 aliphatic heterocycles. The van der Waals surface area contributed by atoms with Crippen LogP contribution in [0.25, 0.3) is 0 Å². The van der Waals surface area contributed by atoms with Crippen LogP contribution in [0.1, 0.15) is 42.9 Å². The van der Waals surface area contributed by atoms with Gasteiger partial charge in [-0.3, -0.25) is 14.4 Å². The van der Waals surface area contributed by atoms with E-state index in [-0.39, 0.29) is 12.5 Å². The third-order valence-electron chi connectivity index (χ3n) is 5.03. The van der Waals surface area contributed by atoms with Crippen molar-refractivity contribution in [3.63, 3.8) is 0 Å². The van der Waals surface area contributed by atoms with Gasteiger partial charge in [0, 0.05) is 19.6 Å². The molecule has 1 atom stereocenters.